The molecule has 0 saturated carbocycles. The van der Waals surface area contributed by atoms with E-state index in [-0.39, 0.29) is 13.2 Å². The highest BCUT2D eigenvalue weighted by Crippen LogP contribution is 2.13. The molecule has 0 bridgehead atoms. The minimum absolute atomic E-state index is 0.00333. The van der Waals surface area contributed by atoms with Gasteiger partial charge in [-0.2, -0.15) is 0 Å². The summed E-state index contributed by atoms with van der Waals surface area (Å²) < 4.78 is 7.02. The predicted molar refractivity (Wildman–Crippen MR) is 76.0 cm³/mol. The van der Waals surface area contributed by atoms with Crippen LogP contribution >= 0.6 is 0 Å². The van der Waals surface area contributed by atoms with E-state index in [1.54, 1.807) is 29.0 Å². The van der Waals surface area contributed by atoms with Crippen molar-refractivity contribution in [1.82, 2.24) is 4.57 Å². The smallest absolute Gasteiger partial charge is 0.355 e. The number of anilines is 1. The number of esters is 1. The predicted octanol–water partition coefficient (Wildman–Crippen LogP) is 1.94. The Morgan fingerprint density at radius 1 is 1.30 bits per heavy atom. The van der Waals surface area contributed by atoms with E-state index in [0.717, 1.165) is 11.1 Å². The van der Waals surface area contributed by atoms with Crippen LogP contribution < -0.4 is 5.73 Å². The summed E-state index contributed by atoms with van der Waals surface area (Å²) in [5, 5.41) is 8.96. The van der Waals surface area contributed by atoms with Crippen LogP contribution in [0.1, 0.15) is 28.5 Å². The molecule has 5 nitrogen and oxygen atoms in total. The van der Waals surface area contributed by atoms with Crippen molar-refractivity contribution in [3.8, 4) is 0 Å². The normalized spacial score (nSPS) is 10.5. The fourth-order valence-corrected chi connectivity index (χ4v) is 1.93. The van der Waals surface area contributed by atoms with Crippen LogP contribution in [0.25, 0.3) is 0 Å². The molecule has 0 aliphatic carbocycles. The number of aryl methyl sites for hydroxylation is 1. The van der Waals surface area contributed by atoms with Gasteiger partial charge in [-0.25, -0.2) is 4.79 Å². The highest BCUT2D eigenvalue weighted by atomic mass is 16.5. The van der Waals surface area contributed by atoms with Crippen LogP contribution in [0.4, 0.5) is 5.69 Å². The van der Waals surface area contributed by atoms with E-state index in [4.69, 9.17) is 15.6 Å². The zero-order chi connectivity index (χ0) is 14.5. The maximum atomic E-state index is 12.0. The monoisotopic (exact) mass is 274 g/mol. The fourth-order valence-electron chi connectivity index (χ4n) is 1.93. The molecule has 0 aliphatic heterocycles. The second kappa shape index (κ2) is 6.25. The van der Waals surface area contributed by atoms with E-state index in [0.29, 0.717) is 17.9 Å². The molecule has 0 atom stereocenters. The lowest BCUT2D eigenvalue weighted by atomic mass is 10.1. The van der Waals surface area contributed by atoms with Gasteiger partial charge in [-0.1, -0.05) is 24.3 Å². The van der Waals surface area contributed by atoms with Gasteiger partial charge in [0.05, 0.1) is 12.3 Å². The van der Waals surface area contributed by atoms with Crippen molar-refractivity contribution >= 4 is 11.7 Å². The summed E-state index contributed by atoms with van der Waals surface area (Å²) in [5.74, 6) is -0.394. The van der Waals surface area contributed by atoms with Crippen molar-refractivity contribution in [3.63, 3.8) is 0 Å². The molecule has 0 unspecified atom stereocenters. The number of hydrogen-bond donors (Lipinski definition) is 2. The minimum atomic E-state index is -0.394. The van der Waals surface area contributed by atoms with Gasteiger partial charge >= 0.3 is 5.97 Å². The first-order valence-electron chi connectivity index (χ1n) is 6.45. The molecule has 3 N–H and O–H groups in total. The highest BCUT2D eigenvalue weighted by Gasteiger charge is 2.13. The van der Waals surface area contributed by atoms with E-state index >= 15 is 0 Å². The van der Waals surface area contributed by atoms with Crippen molar-refractivity contribution in [2.45, 2.75) is 26.7 Å². The Morgan fingerprint density at radius 2 is 1.95 bits per heavy atom. The van der Waals surface area contributed by atoms with Gasteiger partial charge in [-0.15, -0.1) is 0 Å². The number of nitrogens with zero attached hydrogens (tertiary/aromatic N) is 1. The van der Waals surface area contributed by atoms with Crippen LogP contribution in [-0.2, 0) is 24.5 Å². The number of rotatable bonds is 5. The lowest BCUT2D eigenvalue weighted by Gasteiger charge is -2.07. The Labute approximate surface area is 117 Å². The fraction of sp³-hybridized carbons (Fsp3) is 0.267. The summed E-state index contributed by atoms with van der Waals surface area (Å²) in [6, 6.07) is 8.87. The largest absolute Gasteiger partial charge is 0.456 e. The van der Waals surface area contributed by atoms with Crippen LogP contribution in [0.2, 0.25) is 0 Å². The number of aliphatic hydroxyl groups is 1. The first-order valence-corrected chi connectivity index (χ1v) is 6.45. The van der Waals surface area contributed by atoms with Crippen molar-refractivity contribution in [1.29, 1.82) is 0 Å². The number of aliphatic hydroxyl groups excluding tert-OH is 1. The summed E-state index contributed by atoms with van der Waals surface area (Å²) in [7, 11) is 0. The average Bonchev–Trinajstić information content (AvgIpc) is 2.86. The van der Waals surface area contributed by atoms with Gasteiger partial charge < -0.3 is 20.1 Å². The molecule has 2 rings (SSSR count). The maximum absolute atomic E-state index is 12.0. The van der Waals surface area contributed by atoms with E-state index < -0.39 is 5.97 Å². The first kappa shape index (κ1) is 14.1. The first-order chi connectivity index (χ1) is 9.63. The lowest BCUT2D eigenvalue weighted by Crippen LogP contribution is -2.11. The summed E-state index contributed by atoms with van der Waals surface area (Å²) in [6.07, 6.45) is 1.71. The van der Waals surface area contributed by atoms with Gasteiger partial charge in [0.15, 0.2) is 0 Å². The SMILES string of the molecule is CCn1cc(N)cc1C(=O)OCc1ccc(CO)cc1. The minimum Gasteiger partial charge on any atom is -0.456 e. The number of hydrogen-bond acceptors (Lipinski definition) is 4. The molecule has 0 radical (unpaired) electrons. The summed E-state index contributed by atoms with van der Waals surface area (Å²) in [6.45, 7) is 2.79. The summed E-state index contributed by atoms with van der Waals surface area (Å²) >= 11 is 0. The molecule has 0 fully saturated rings. The third-order valence-corrected chi connectivity index (χ3v) is 3.04. The molecule has 0 spiro atoms. The van der Waals surface area contributed by atoms with E-state index in [1.165, 1.54) is 0 Å². The van der Waals surface area contributed by atoms with Gasteiger partial charge in [0, 0.05) is 12.7 Å². The Balaban J connectivity index is 2.00. The molecular formula is C15H18N2O3. The van der Waals surface area contributed by atoms with Gasteiger partial charge in [0.25, 0.3) is 0 Å². The van der Waals surface area contributed by atoms with Gasteiger partial charge in [-0.3, -0.25) is 0 Å². The molecule has 1 aromatic carbocycles. The van der Waals surface area contributed by atoms with Crippen LogP contribution in [-0.4, -0.2) is 15.6 Å². The Morgan fingerprint density at radius 3 is 2.55 bits per heavy atom. The second-order valence-electron chi connectivity index (χ2n) is 4.50. The van der Waals surface area contributed by atoms with E-state index in [9.17, 15) is 4.79 Å². The summed E-state index contributed by atoms with van der Waals surface area (Å²) in [4.78, 5) is 12.0. The van der Waals surface area contributed by atoms with Crippen LogP contribution in [0.15, 0.2) is 36.5 Å². The molecule has 0 aliphatic rings. The molecular weight excluding hydrogens is 256 g/mol. The number of aromatic nitrogens is 1. The molecule has 106 valence electrons. The van der Waals surface area contributed by atoms with Gasteiger partial charge in [0.1, 0.15) is 12.3 Å². The Bertz CT molecular complexity index is 588. The van der Waals surface area contributed by atoms with Crippen LogP contribution in [0.5, 0.6) is 0 Å². The molecule has 5 heteroatoms. The van der Waals surface area contributed by atoms with E-state index in [1.807, 2.05) is 19.1 Å². The Hall–Kier alpha value is -2.27. The van der Waals surface area contributed by atoms with Crippen molar-refractivity contribution in [2.24, 2.45) is 0 Å². The van der Waals surface area contributed by atoms with Crippen LogP contribution in [0, 0.1) is 0 Å². The third kappa shape index (κ3) is 3.19. The number of nitrogen functional groups attached to an aromatic ring is 1. The number of carbonyl (C=O) groups is 1. The average molecular weight is 274 g/mol. The summed E-state index contributed by atoms with van der Waals surface area (Å²) in [5.41, 5.74) is 8.38. The topological polar surface area (TPSA) is 77.5 Å². The van der Waals surface area contributed by atoms with Gasteiger partial charge in [0.2, 0.25) is 0 Å². The lowest BCUT2D eigenvalue weighted by molar-refractivity contribution is 0.0460. The van der Waals surface area contributed by atoms with Gasteiger partial charge in [-0.05, 0) is 24.1 Å². The highest BCUT2D eigenvalue weighted by molar-refractivity contribution is 5.89. The molecule has 2 aromatic rings. The number of benzene rings is 1. The number of nitrogens with two attached hydrogens (primary N) is 1. The second-order valence-corrected chi connectivity index (χ2v) is 4.50. The molecule has 1 aromatic heterocycles. The van der Waals surface area contributed by atoms with Crippen molar-refractivity contribution in [3.05, 3.63) is 53.3 Å². The molecule has 0 amide bonds. The van der Waals surface area contributed by atoms with E-state index in [2.05, 4.69) is 0 Å². The number of carbonyl (C=O) groups excluding carboxylic acids is 1. The third-order valence-electron chi connectivity index (χ3n) is 3.04. The maximum Gasteiger partial charge on any atom is 0.355 e. The van der Waals surface area contributed by atoms with Crippen molar-refractivity contribution < 1.29 is 14.6 Å². The molecule has 20 heavy (non-hydrogen) atoms. The van der Waals surface area contributed by atoms with Crippen LogP contribution in [0.3, 0.4) is 0 Å². The quantitative estimate of drug-likeness (QED) is 0.817. The zero-order valence-corrected chi connectivity index (χ0v) is 11.4. The number of ether oxygens (including phenoxy) is 1. The molecule has 0 saturated heterocycles. The van der Waals surface area contributed by atoms with Crippen molar-refractivity contribution in [2.75, 3.05) is 5.73 Å². The Kier molecular flexibility index (Phi) is 4.42. The standard InChI is InChI=1S/C15H18N2O3/c1-2-17-8-13(16)7-14(17)15(19)20-10-12-5-3-11(9-18)4-6-12/h3-8,18H,2,9-10,16H2,1H3. The zero-order valence-electron chi connectivity index (χ0n) is 11.4. The molecule has 1 heterocycles.